The van der Waals surface area contributed by atoms with Crippen LogP contribution in [-0.2, 0) is 45.6 Å². The SMILES string of the molecule is COC(=O)C1(N(C(=O)C(F)(F)F)c2cccc(Cl)c2)CCC2(CC1)c1cc(-c3cc(OCc4ccnc(-c5ccccc5OC)n4)ccc3C)c(Cl)cc1CC2C[C@@H](C)COc1ccnc2c1CCCC2. The number of carbonyl (C=O) groups is 2. The zero-order valence-corrected chi connectivity index (χ0v) is 41.6. The zero-order valence-electron chi connectivity index (χ0n) is 40.1. The lowest BCUT2D eigenvalue weighted by Crippen LogP contribution is -2.63. The van der Waals surface area contributed by atoms with Gasteiger partial charge in [0.25, 0.3) is 0 Å². The minimum absolute atomic E-state index is 0.0215. The molecule has 9 rings (SSSR count). The molecule has 15 heteroatoms. The van der Waals surface area contributed by atoms with Crippen LogP contribution in [0.4, 0.5) is 18.9 Å². The van der Waals surface area contributed by atoms with Gasteiger partial charge in [-0.2, -0.15) is 13.2 Å². The summed E-state index contributed by atoms with van der Waals surface area (Å²) in [6.07, 6.45) is 3.90. The first kappa shape index (κ1) is 49.8. The number of hydrogen-bond donors (Lipinski definition) is 0. The van der Waals surface area contributed by atoms with Gasteiger partial charge in [-0.25, -0.2) is 14.8 Å². The van der Waals surface area contributed by atoms with Gasteiger partial charge in [-0.1, -0.05) is 54.4 Å². The number of benzene rings is 4. The van der Waals surface area contributed by atoms with Crippen molar-refractivity contribution in [3.8, 4) is 39.8 Å². The molecule has 1 spiro atoms. The minimum atomic E-state index is -5.31. The van der Waals surface area contributed by atoms with E-state index in [4.69, 9.17) is 47.1 Å². The van der Waals surface area contributed by atoms with Gasteiger partial charge < -0.3 is 18.9 Å². The van der Waals surface area contributed by atoms with Crippen LogP contribution in [0.2, 0.25) is 10.0 Å². The average molecular weight is 1010 g/mol. The average Bonchev–Trinajstić information content (AvgIpc) is 3.65. The molecule has 2 aromatic heterocycles. The number of carbonyl (C=O) groups excluding carboxylic acids is 2. The van der Waals surface area contributed by atoms with Crippen molar-refractivity contribution in [3.63, 3.8) is 0 Å². The highest BCUT2D eigenvalue weighted by Crippen LogP contribution is 2.59. The Hall–Kier alpha value is -6.18. The highest BCUT2D eigenvalue weighted by Gasteiger charge is 2.60. The fourth-order valence-electron chi connectivity index (χ4n) is 11.3. The lowest BCUT2D eigenvalue weighted by atomic mass is 9.59. The minimum Gasteiger partial charge on any atom is -0.496 e. The van der Waals surface area contributed by atoms with E-state index in [1.54, 1.807) is 25.6 Å². The van der Waals surface area contributed by atoms with Crippen LogP contribution in [-0.4, -0.2) is 59.4 Å². The van der Waals surface area contributed by atoms with Crippen LogP contribution < -0.4 is 19.1 Å². The molecule has 0 aliphatic heterocycles. The number of aryl methyl sites for hydroxylation is 2. The Morgan fingerprint density at radius 3 is 2.37 bits per heavy atom. The van der Waals surface area contributed by atoms with Crippen molar-refractivity contribution in [1.82, 2.24) is 15.0 Å². The number of para-hydroxylation sites is 1. The van der Waals surface area contributed by atoms with E-state index in [-0.39, 0.29) is 54.8 Å². The number of alkyl halides is 3. The van der Waals surface area contributed by atoms with E-state index in [0.717, 1.165) is 77.6 Å². The Balaban J connectivity index is 1.06. The second kappa shape index (κ2) is 20.5. The number of rotatable bonds is 14. The first-order valence-electron chi connectivity index (χ1n) is 24.0. The van der Waals surface area contributed by atoms with E-state index in [1.165, 1.54) is 29.8 Å². The molecule has 6 aromatic rings. The molecule has 71 heavy (non-hydrogen) atoms. The van der Waals surface area contributed by atoms with E-state index in [0.29, 0.717) is 52.4 Å². The van der Waals surface area contributed by atoms with Crippen molar-refractivity contribution in [3.05, 3.63) is 147 Å². The van der Waals surface area contributed by atoms with Gasteiger partial charge in [0.15, 0.2) is 5.82 Å². The quantitative estimate of drug-likeness (QED) is 0.0984. The molecule has 1 fully saturated rings. The third-order valence-corrected chi connectivity index (χ3v) is 15.3. The summed E-state index contributed by atoms with van der Waals surface area (Å²) < 4.78 is 67.8. The predicted octanol–water partition coefficient (Wildman–Crippen LogP) is 12.9. The van der Waals surface area contributed by atoms with E-state index in [9.17, 15) is 22.8 Å². The van der Waals surface area contributed by atoms with Crippen LogP contribution in [0.15, 0.2) is 103 Å². The lowest BCUT2D eigenvalue weighted by Gasteiger charge is -2.51. The van der Waals surface area contributed by atoms with Gasteiger partial charge in [-0.3, -0.25) is 14.7 Å². The fraction of sp³-hybridized carbons (Fsp3) is 0.375. The molecule has 1 amide bonds. The second-order valence-corrected chi connectivity index (χ2v) is 20.0. The van der Waals surface area contributed by atoms with Crippen molar-refractivity contribution in [2.24, 2.45) is 11.8 Å². The summed E-state index contributed by atoms with van der Waals surface area (Å²) in [5.74, 6) is -0.444. The maximum atomic E-state index is 14.7. The molecular formula is C56H55Cl2F3N4O6. The molecule has 1 saturated carbocycles. The Kier molecular flexibility index (Phi) is 14.4. The molecule has 10 nitrogen and oxygen atoms in total. The molecule has 0 saturated heterocycles. The van der Waals surface area contributed by atoms with Gasteiger partial charge >= 0.3 is 18.1 Å². The van der Waals surface area contributed by atoms with Crippen LogP contribution in [0.1, 0.15) is 85.5 Å². The second-order valence-electron chi connectivity index (χ2n) is 19.1. The van der Waals surface area contributed by atoms with Crippen LogP contribution >= 0.6 is 23.2 Å². The molecule has 1 unspecified atom stereocenters. The zero-order chi connectivity index (χ0) is 50.1. The normalized spacial score (nSPS) is 19.9. The summed E-state index contributed by atoms with van der Waals surface area (Å²) in [6.45, 7) is 4.76. The topological polar surface area (TPSA) is 113 Å². The summed E-state index contributed by atoms with van der Waals surface area (Å²) in [5.41, 5.74) is 5.52. The van der Waals surface area contributed by atoms with Crippen molar-refractivity contribution < 1.29 is 41.7 Å². The lowest BCUT2D eigenvalue weighted by molar-refractivity contribution is -0.174. The molecule has 2 atom stereocenters. The maximum absolute atomic E-state index is 14.7. The molecule has 2 heterocycles. The van der Waals surface area contributed by atoms with Gasteiger partial charge in [0.05, 0.1) is 32.1 Å². The number of anilines is 1. The van der Waals surface area contributed by atoms with Crippen LogP contribution in [0.3, 0.4) is 0 Å². The summed E-state index contributed by atoms with van der Waals surface area (Å²) in [6, 6.07) is 26.8. The summed E-state index contributed by atoms with van der Waals surface area (Å²) in [4.78, 5) is 42.2. The van der Waals surface area contributed by atoms with Gasteiger partial charge in [0, 0.05) is 44.9 Å². The number of nitrogens with zero attached hydrogens (tertiary/aromatic N) is 4. The number of aromatic nitrogens is 3. The van der Waals surface area contributed by atoms with Crippen molar-refractivity contribution in [2.45, 2.75) is 102 Å². The van der Waals surface area contributed by atoms with Crippen molar-refractivity contribution >= 4 is 40.8 Å². The molecule has 0 bridgehead atoms. The number of halogens is 5. The van der Waals surface area contributed by atoms with E-state index in [2.05, 4.69) is 23.0 Å². The number of fused-ring (bicyclic) bond motifs is 3. The van der Waals surface area contributed by atoms with Crippen molar-refractivity contribution in [2.75, 3.05) is 25.7 Å². The van der Waals surface area contributed by atoms with Crippen molar-refractivity contribution in [1.29, 1.82) is 0 Å². The van der Waals surface area contributed by atoms with E-state index < -0.39 is 29.0 Å². The molecule has 0 N–H and O–H groups in total. The summed E-state index contributed by atoms with van der Waals surface area (Å²) in [7, 11) is 2.74. The summed E-state index contributed by atoms with van der Waals surface area (Å²) in [5, 5.41) is 0.656. The number of esters is 1. The molecule has 3 aliphatic rings. The van der Waals surface area contributed by atoms with Crippen LogP contribution in [0.25, 0.3) is 22.5 Å². The van der Waals surface area contributed by atoms with E-state index >= 15 is 0 Å². The highest BCUT2D eigenvalue weighted by atomic mass is 35.5. The Morgan fingerprint density at radius 2 is 1.61 bits per heavy atom. The van der Waals surface area contributed by atoms with Crippen LogP contribution in [0.5, 0.6) is 17.2 Å². The van der Waals surface area contributed by atoms with Gasteiger partial charge in [-0.05, 0) is 177 Å². The molecule has 3 aliphatic carbocycles. The monoisotopic (exact) mass is 1010 g/mol. The molecule has 0 radical (unpaired) electrons. The number of ether oxygens (including phenoxy) is 4. The Morgan fingerprint density at radius 1 is 0.831 bits per heavy atom. The fourth-order valence-corrected chi connectivity index (χ4v) is 11.8. The predicted molar refractivity (Wildman–Crippen MR) is 267 cm³/mol. The summed E-state index contributed by atoms with van der Waals surface area (Å²) >= 11 is 13.6. The Labute approximate surface area is 421 Å². The van der Waals surface area contributed by atoms with Gasteiger partial charge in [0.2, 0.25) is 0 Å². The van der Waals surface area contributed by atoms with Gasteiger partial charge in [-0.15, -0.1) is 0 Å². The van der Waals surface area contributed by atoms with E-state index in [1.807, 2.05) is 61.5 Å². The van der Waals surface area contributed by atoms with Gasteiger partial charge in [0.1, 0.15) is 29.4 Å². The third-order valence-electron chi connectivity index (χ3n) is 14.8. The first-order chi connectivity index (χ1) is 34.1. The Bertz CT molecular complexity index is 2960. The standard InChI is InChI=1S/C56H55Cl2F3N4O6/c1-34(32-71-50-19-25-62-48-14-7-5-12-42(48)50)26-37-27-36-28-47(58)45(44-30-41(17-16-35(44)2)70-33-39-18-24-63-51(64-39)43-13-6-8-15-49(43)68-3)31-46(36)54(37)20-22-55(23-21-54,53(67)69-4)65(52(66)56(59,60)61)40-11-9-10-38(57)29-40/h6,8-11,13,15-19,24-25,28-31,34,37H,5,7,12,14,20-23,26-27,32-33H2,1-4H3/t34-,37?,54?,55?/m1/s1. The first-order valence-corrected chi connectivity index (χ1v) is 24.8. The largest absolute Gasteiger partial charge is 0.496 e. The molecule has 4 aromatic carbocycles. The smallest absolute Gasteiger partial charge is 0.471 e. The molecular weight excluding hydrogens is 953 g/mol. The highest BCUT2D eigenvalue weighted by molar-refractivity contribution is 6.33. The number of hydrogen-bond acceptors (Lipinski definition) is 9. The number of methoxy groups -OCH3 is 2. The maximum Gasteiger partial charge on any atom is 0.471 e. The van der Waals surface area contributed by atoms with Crippen LogP contribution in [0, 0.1) is 18.8 Å². The third kappa shape index (κ3) is 9.92. The molecule has 370 valence electrons. The number of pyridine rings is 1. The number of amides is 1.